The molecule has 0 bridgehead atoms. The summed E-state index contributed by atoms with van der Waals surface area (Å²) in [4.78, 5) is 10.7. The molecule has 5 nitrogen and oxygen atoms in total. The van der Waals surface area contributed by atoms with Gasteiger partial charge in [0, 0.05) is 43.7 Å². The number of aromatic nitrogens is 2. The van der Waals surface area contributed by atoms with Crippen LogP contribution in [-0.4, -0.2) is 29.2 Å². The Labute approximate surface area is 121 Å². The molecule has 0 aliphatic carbocycles. The van der Waals surface area contributed by atoms with Crippen LogP contribution in [0.4, 0.5) is 5.82 Å². The first kappa shape index (κ1) is 12.9. The number of hydrogen-bond donors (Lipinski definition) is 0. The van der Waals surface area contributed by atoms with Gasteiger partial charge in [-0.2, -0.15) is 5.26 Å². The van der Waals surface area contributed by atoms with E-state index < -0.39 is 0 Å². The van der Waals surface area contributed by atoms with E-state index in [1.165, 1.54) is 11.3 Å². The van der Waals surface area contributed by atoms with Crippen LogP contribution in [0.1, 0.15) is 18.4 Å². The van der Waals surface area contributed by atoms with Crippen LogP contribution in [0.2, 0.25) is 0 Å². The molecule has 0 amide bonds. The van der Waals surface area contributed by atoms with Crippen molar-refractivity contribution in [2.45, 2.75) is 18.9 Å². The number of thiazole rings is 1. The van der Waals surface area contributed by atoms with Crippen molar-refractivity contribution in [3.05, 3.63) is 35.5 Å². The summed E-state index contributed by atoms with van der Waals surface area (Å²) >= 11 is 1.53. The fourth-order valence-corrected chi connectivity index (χ4v) is 2.80. The molecule has 3 heterocycles. The van der Waals surface area contributed by atoms with Gasteiger partial charge in [-0.3, -0.25) is 0 Å². The second-order valence-corrected chi connectivity index (χ2v) is 5.48. The minimum absolute atomic E-state index is 0.232. The normalized spacial score (nSPS) is 15.8. The first-order chi connectivity index (χ1) is 9.85. The Morgan fingerprint density at radius 3 is 2.75 bits per heavy atom. The summed E-state index contributed by atoms with van der Waals surface area (Å²) in [5.74, 6) is 0.927. The number of rotatable bonds is 3. The zero-order valence-electron chi connectivity index (χ0n) is 10.9. The van der Waals surface area contributed by atoms with E-state index in [0.29, 0.717) is 5.56 Å². The van der Waals surface area contributed by atoms with Gasteiger partial charge in [0.1, 0.15) is 18.0 Å². The molecule has 0 saturated carbocycles. The van der Waals surface area contributed by atoms with Crippen LogP contribution in [0.25, 0.3) is 0 Å². The molecule has 102 valence electrons. The summed E-state index contributed by atoms with van der Waals surface area (Å²) in [6.45, 7) is 1.82. The Hall–Kier alpha value is -2.13. The lowest BCUT2D eigenvalue weighted by molar-refractivity contribution is 0.170. The smallest absolute Gasteiger partial charge is 0.273 e. The predicted molar refractivity (Wildman–Crippen MR) is 76.9 cm³/mol. The molecule has 20 heavy (non-hydrogen) atoms. The summed E-state index contributed by atoms with van der Waals surface area (Å²) in [5, 5.41) is 11.4. The molecule has 0 N–H and O–H groups in total. The molecule has 2 aromatic rings. The van der Waals surface area contributed by atoms with Gasteiger partial charge in [-0.25, -0.2) is 9.97 Å². The summed E-state index contributed by atoms with van der Waals surface area (Å²) < 4.78 is 5.83. The van der Waals surface area contributed by atoms with Crippen molar-refractivity contribution >= 4 is 17.2 Å². The van der Waals surface area contributed by atoms with Crippen LogP contribution in [0.5, 0.6) is 5.19 Å². The van der Waals surface area contributed by atoms with E-state index in [1.807, 2.05) is 11.4 Å². The van der Waals surface area contributed by atoms with Gasteiger partial charge in [0.25, 0.3) is 5.19 Å². The number of hydrogen-bond acceptors (Lipinski definition) is 6. The van der Waals surface area contributed by atoms with Gasteiger partial charge < -0.3 is 9.64 Å². The standard InChI is InChI=1S/C14H14N4OS/c15-9-11-1-2-13(17-10-11)18-6-3-12(4-7-18)19-14-16-5-8-20-14/h1-2,5,8,10,12H,3-4,6-7H2. The van der Waals surface area contributed by atoms with Gasteiger partial charge in [-0.1, -0.05) is 11.3 Å². The van der Waals surface area contributed by atoms with Crippen LogP contribution in [0.3, 0.4) is 0 Å². The summed E-state index contributed by atoms with van der Waals surface area (Å²) in [6, 6.07) is 5.79. The minimum Gasteiger partial charge on any atom is -0.467 e. The Morgan fingerprint density at radius 1 is 1.30 bits per heavy atom. The average molecular weight is 286 g/mol. The number of piperidine rings is 1. The first-order valence-corrected chi connectivity index (χ1v) is 7.40. The number of pyridine rings is 1. The van der Waals surface area contributed by atoms with E-state index >= 15 is 0 Å². The Kier molecular flexibility index (Phi) is 3.79. The third-order valence-corrected chi connectivity index (χ3v) is 3.98. The molecule has 1 saturated heterocycles. The van der Waals surface area contributed by atoms with E-state index in [0.717, 1.165) is 36.9 Å². The molecular formula is C14H14N4OS. The maximum Gasteiger partial charge on any atom is 0.273 e. The highest BCUT2D eigenvalue weighted by atomic mass is 32.1. The average Bonchev–Trinajstić information content (AvgIpc) is 3.01. The molecule has 0 spiro atoms. The van der Waals surface area contributed by atoms with Crippen LogP contribution >= 0.6 is 11.3 Å². The zero-order valence-corrected chi connectivity index (χ0v) is 11.7. The van der Waals surface area contributed by atoms with Crippen molar-refractivity contribution < 1.29 is 4.74 Å². The van der Waals surface area contributed by atoms with Gasteiger partial charge in [0.05, 0.1) is 5.56 Å². The molecular weight excluding hydrogens is 272 g/mol. The van der Waals surface area contributed by atoms with Crippen molar-refractivity contribution in [3.8, 4) is 11.3 Å². The summed E-state index contributed by atoms with van der Waals surface area (Å²) in [5.41, 5.74) is 0.593. The van der Waals surface area contributed by atoms with Crippen LogP contribution in [0, 0.1) is 11.3 Å². The summed E-state index contributed by atoms with van der Waals surface area (Å²) in [6.07, 6.45) is 5.53. The molecule has 0 aromatic carbocycles. The summed E-state index contributed by atoms with van der Waals surface area (Å²) in [7, 11) is 0. The van der Waals surface area contributed by atoms with Gasteiger partial charge in [0.2, 0.25) is 0 Å². The highest BCUT2D eigenvalue weighted by Gasteiger charge is 2.22. The Morgan fingerprint density at radius 2 is 2.15 bits per heavy atom. The second kappa shape index (κ2) is 5.88. The molecule has 2 aromatic heterocycles. The third-order valence-electron chi connectivity index (χ3n) is 3.32. The van der Waals surface area contributed by atoms with Crippen molar-refractivity contribution in [1.29, 1.82) is 5.26 Å². The topological polar surface area (TPSA) is 62.0 Å². The highest BCUT2D eigenvalue weighted by molar-refractivity contribution is 7.11. The highest BCUT2D eigenvalue weighted by Crippen LogP contribution is 2.23. The lowest BCUT2D eigenvalue weighted by Gasteiger charge is -2.32. The maximum atomic E-state index is 8.77. The van der Waals surface area contributed by atoms with E-state index in [1.54, 1.807) is 18.5 Å². The van der Waals surface area contributed by atoms with E-state index in [2.05, 4.69) is 20.9 Å². The largest absolute Gasteiger partial charge is 0.467 e. The van der Waals surface area contributed by atoms with Gasteiger partial charge in [-0.05, 0) is 12.1 Å². The Bertz CT molecular complexity index is 583. The van der Waals surface area contributed by atoms with Crippen LogP contribution in [-0.2, 0) is 0 Å². The van der Waals surface area contributed by atoms with E-state index in [9.17, 15) is 0 Å². The van der Waals surface area contributed by atoms with Crippen LogP contribution < -0.4 is 9.64 Å². The second-order valence-electron chi connectivity index (χ2n) is 4.62. The van der Waals surface area contributed by atoms with Crippen molar-refractivity contribution in [3.63, 3.8) is 0 Å². The zero-order chi connectivity index (χ0) is 13.8. The fraction of sp³-hybridized carbons (Fsp3) is 0.357. The van der Waals surface area contributed by atoms with Crippen molar-refractivity contribution in [1.82, 2.24) is 9.97 Å². The monoisotopic (exact) mass is 286 g/mol. The molecule has 0 atom stereocenters. The minimum atomic E-state index is 0.232. The number of ether oxygens (including phenoxy) is 1. The van der Waals surface area contributed by atoms with E-state index in [4.69, 9.17) is 10.00 Å². The lowest BCUT2D eigenvalue weighted by atomic mass is 10.1. The Balaban J connectivity index is 1.56. The molecule has 6 heteroatoms. The van der Waals surface area contributed by atoms with Crippen molar-refractivity contribution in [2.24, 2.45) is 0 Å². The first-order valence-electron chi connectivity index (χ1n) is 6.52. The molecule has 1 fully saturated rings. The lowest BCUT2D eigenvalue weighted by Crippen LogP contribution is -2.38. The molecule has 1 aliphatic rings. The third kappa shape index (κ3) is 2.89. The van der Waals surface area contributed by atoms with Gasteiger partial charge >= 0.3 is 0 Å². The number of anilines is 1. The van der Waals surface area contributed by atoms with Gasteiger partial charge in [-0.15, -0.1) is 0 Å². The number of nitrogens with zero attached hydrogens (tertiary/aromatic N) is 4. The van der Waals surface area contributed by atoms with Crippen LogP contribution in [0.15, 0.2) is 29.9 Å². The molecule has 3 rings (SSSR count). The maximum absolute atomic E-state index is 8.77. The molecule has 0 unspecified atom stereocenters. The number of nitriles is 1. The van der Waals surface area contributed by atoms with E-state index in [-0.39, 0.29) is 6.10 Å². The SMILES string of the molecule is N#Cc1ccc(N2CCC(Oc3nccs3)CC2)nc1. The molecule has 0 radical (unpaired) electrons. The van der Waals surface area contributed by atoms with Crippen molar-refractivity contribution in [2.75, 3.05) is 18.0 Å². The quantitative estimate of drug-likeness (QED) is 0.867. The predicted octanol–water partition coefficient (Wildman–Crippen LogP) is 2.46. The fourth-order valence-electron chi connectivity index (χ4n) is 2.25. The molecule has 1 aliphatic heterocycles. The van der Waals surface area contributed by atoms with Gasteiger partial charge in [0.15, 0.2) is 0 Å².